The molecule has 0 saturated carbocycles. The Morgan fingerprint density at radius 3 is 2.40 bits per heavy atom. The number of aliphatic hydroxyl groups excluding tert-OH is 1. The van der Waals surface area contributed by atoms with Crippen LogP contribution in [0.15, 0.2) is 12.1 Å². The van der Waals surface area contributed by atoms with Gasteiger partial charge in [-0.05, 0) is 60.2 Å². The lowest BCUT2D eigenvalue weighted by Crippen LogP contribution is -2.31. The third-order valence-corrected chi connectivity index (χ3v) is 5.93. The van der Waals surface area contributed by atoms with E-state index in [-0.39, 0.29) is 12.0 Å². The van der Waals surface area contributed by atoms with Crippen molar-refractivity contribution < 1.29 is 14.6 Å². The monoisotopic (exact) mass is 342 g/mol. The molecule has 3 nitrogen and oxygen atoms in total. The molecule has 2 aromatic rings. The van der Waals surface area contributed by atoms with E-state index in [0.717, 1.165) is 41.7 Å². The van der Waals surface area contributed by atoms with Crippen molar-refractivity contribution in [3.05, 3.63) is 34.4 Å². The van der Waals surface area contributed by atoms with Crippen LogP contribution in [-0.2, 0) is 11.8 Å². The maximum Gasteiger partial charge on any atom is 0.169 e. The third-order valence-electron chi connectivity index (χ3n) is 5.93. The Bertz CT molecular complexity index is 807. The first-order valence-corrected chi connectivity index (χ1v) is 9.20. The number of fused-ring (bicyclic) bond motifs is 2. The minimum Gasteiger partial charge on any atom is -0.493 e. The molecule has 0 fully saturated rings. The van der Waals surface area contributed by atoms with Crippen LogP contribution in [0.2, 0.25) is 0 Å². The molecule has 1 N–H and O–H groups in total. The lowest BCUT2D eigenvalue weighted by molar-refractivity contribution is 0.188. The summed E-state index contributed by atoms with van der Waals surface area (Å²) in [5.74, 6) is 2.02. The van der Waals surface area contributed by atoms with Gasteiger partial charge in [0.05, 0.1) is 20.8 Å². The van der Waals surface area contributed by atoms with Crippen molar-refractivity contribution in [2.24, 2.45) is 0 Å². The summed E-state index contributed by atoms with van der Waals surface area (Å²) in [6, 6.07) is 4.52. The molecule has 2 aromatic carbocycles. The summed E-state index contributed by atoms with van der Waals surface area (Å²) in [4.78, 5) is 0. The molecule has 0 saturated heterocycles. The molecule has 0 amide bonds. The number of aryl methyl sites for hydroxylation is 1. The Morgan fingerprint density at radius 1 is 1.16 bits per heavy atom. The summed E-state index contributed by atoms with van der Waals surface area (Å²) in [5, 5.41) is 12.4. The molecule has 0 heterocycles. The SMILES string of the molecule is COc1c(C(C)C)cc2cc3c(c(C)c2c1OC)CCC[C@@]3(C)CO. The van der Waals surface area contributed by atoms with Crippen LogP contribution >= 0.6 is 0 Å². The van der Waals surface area contributed by atoms with Gasteiger partial charge < -0.3 is 14.6 Å². The van der Waals surface area contributed by atoms with Crippen LogP contribution in [0.4, 0.5) is 0 Å². The number of ether oxygens (including phenoxy) is 2. The predicted molar refractivity (Wildman–Crippen MR) is 103 cm³/mol. The molecule has 0 aromatic heterocycles. The van der Waals surface area contributed by atoms with Crippen LogP contribution in [0.25, 0.3) is 10.8 Å². The lowest BCUT2D eigenvalue weighted by Gasteiger charge is -2.36. The van der Waals surface area contributed by atoms with E-state index in [1.54, 1.807) is 14.2 Å². The largest absolute Gasteiger partial charge is 0.493 e. The molecule has 0 bridgehead atoms. The van der Waals surface area contributed by atoms with E-state index in [2.05, 4.69) is 39.8 Å². The zero-order valence-electron chi connectivity index (χ0n) is 16.3. The minimum absolute atomic E-state index is 0.155. The Kier molecular flexibility index (Phi) is 4.72. The topological polar surface area (TPSA) is 38.7 Å². The molecular weight excluding hydrogens is 312 g/mol. The molecule has 25 heavy (non-hydrogen) atoms. The second kappa shape index (κ2) is 6.53. The van der Waals surface area contributed by atoms with E-state index >= 15 is 0 Å². The van der Waals surface area contributed by atoms with Gasteiger partial charge in [-0.2, -0.15) is 0 Å². The Hall–Kier alpha value is -1.74. The first kappa shape index (κ1) is 18.1. The van der Waals surface area contributed by atoms with Gasteiger partial charge in [-0.15, -0.1) is 0 Å². The standard InChI is InChI=1S/C22H30O3/c1-13(2)17-10-15-11-18-16(8-7-9-22(18,4)12-23)14(3)19(15)21(25-6)20(17)24-5/h10-11,13,23H,7-9,12H2,1-6H3/t22-/m0/s1. The summed E-state index contributed by atoms with van der Waals surface area (Å²) < 4.78 is 11.5. The summed E-state index contributed by atoms with van der Waals surface area (Å²) >= 11 is 0. The number of rotatable bonds is 4. The smallest absolute Gasteiger partial charge is 0.169 e. The van der Waals surface area contributed by atoms with Gasteiger partial charge >= 0.3 is 0 Å². The maximum atomic E-state index is 10.0. The molecule has 0 unspecified atom stereocenters. The van der Waals surface area contributed by atoms with Crippen molar-refractivity contribution in [3.8, 4) is 11.5 Å². The highest BCUT2D eigenvalue weighted by Crippen LogP contribution is 2.47. The van der Waals surface area contributed by atoms with Gasteiger partial charge in [0.15, 0.2) is 11.5 Å². The normalized spacial score (nSPS) is 20.0. The maximum absolute atomic E-state index is 10.0. The Labute approximate surface area is 151 Å². The van der Waals surface area contributed by atoms with Gasteiger partial charge in [0, 0.05) is 16.4 Å². The Morgan fingerprint density at radius 2 is 1.84 bits per heavy atom. The van der Waals surface area contributed by atoms with Crippen molar-refractivity contribution in [2.45, 2.75) is 58.3 Å². The first-order chi connectivity index (χ1) is 11.9. The summed E-state index contributed by atoms with van der Waals surface area (Å²) in [6.45, 7) is 8.90. The molecule has 3 rings (SSSR count). The summed E-state index contributed by atoms with van der Waals surface area (Å²) in [6.07, 6.45) is 3.20. The average molecular weight is 342 g/mol. The zero-order valence-corrected chi connectivity index (χ0v) is 16.3. The summed E-state index contributed by atoms with van der Waals surface area (Å²) in [5.41, 5.74) is 4.93. The second-order valence-electron chi connectivity index (χ2n) is 7.89. The van der Waals surface area contributed by atoms with Gasteiger partial charge in [0.2, 0.25) is 0 Å². The number of aliphatic hydroxyl groups is 1. The molecule has 3 heteroatoms. The van der Waals surface area contributed by atoms with Crippen molar-refractivity contribution >= 4 is 10.8 Å². The first-order valence-electron chi connectivity index (χ1n) is 9.20. The van der Waals surface area contributed by atoms with E-state index in [0.29, 0.717) is 5.92 Å². The number of hydrogen-bond acceptors (Lipinski definition) is 3. The Balaban J connectivity index is 2.43. The van der Waals surface area contributed by atoms with Gasteiger partial charge in [0.1, 0.15) is 0 Å². The van der Waals surface area contributed by atoms with Crippen LogP contribution in [0.5, 0.6) is 11.5 Å². The molecule has 0 spiro atoms. The van der Waals surface area contributed by atoms with Crippen LogP contribution in [0.3, 0.4) is 0 Å². The van der Waals surface area contributed by atoms with Gasteiger partial charge in [-0.25, -0.2) is 0 Å². The van der Waals surface area contributed by atoms with E-state index < -0.39 is 0 Å². The highest BCUT2D eigenvalue weighted by molar-refractivity contribution is 5.96. The van der Waals surface area contributed by atoms with E-state index in [4.69, 9.17) is 9.47 Å². The van der Waals surface area contributed by atoms with Gasteiger partial charge in [0.25, 0.3) is 0 Å². The fraction of sp³-hybridized carbons (Fsp3) is 0.545. The quantitative estimate of drug-likeness (QED) is 0.861. The molecule has 1 aliphatic rings. The lowest BCUT2D eigenvalue weighted by atomic mass is 9.70. The van der Waals surface area contributed by atoms with Gasteiger partial charge in [-0.1, -0.05) is 26.8 Å². The summed E-state index contributed by atoms with van der Waals surface area (Å²) in [7, 11) is 3.43. The molecule has 1 atom stereocenters. The van der Waals surface area contributed by atoms with Crippen LogP contribution in [-0.4, -0.2) is 25.9 Å². The van der Waals surface area contributed by atoms with Gasteiger partial charge in [-0.3, -0.25) is 0 Å². The number of hydrogen-bond donors (Lipinski definition) is 1. The molecule has 0 radical (unpaired) electrons. The van der Waals surface area contributed by atoms with Crippen LogP contribution in [0, 0.1) is 6.92 Å². The number of benzene rings is 2. The van der Waals surface area contributed by atoms with Crippen molar-refractivity contribution in [1.29, 1.82) is 0 Å². The predicted octanol–water partition coefficient (Wildman–Crippen LogP) is 4.88. The van der Waals surface area contributed by atoms with Crippen LogP contribution in [0.1, 0.15) is 61.8 Å². The third kappa shape index (κ3) is 2.69. The molecular formula is C22H30O3. The fourth-order valence-corrected chi connectivity index (χ4v) is 4.43. The highest BCUT2D eigenvalue weighted by atomic mass is 16.5. The van der Waals surface area contributed by atoms with Crippen molar-refractivity contribution in [1.82, 2.24) is 0 Å². The minimum atomic E-state index is -0.155. The second-order valence-corrected chi connectivity index (χ2v) is 7.89. The zero-order chi connectivity index (χ0) is 18.4. The number of methoxy groups -OCH3 is 2. The highest BCUT2D eigenvalue weighted by Gasteiger charge is 2.33. The van der Waals surface area contributed by atoms with Crippen molar-refractivity contribution in [2.75, 3.05) is 20.8 Å². The fourth-order valence-electron chi connectivity index (χ4n) is 4.43. The van der Waals surface area contributed by atoms with E-state index in [1.165, 1.54) is 22.1 Å². The van der Waals surface area contributed by atoms with Crippen molar-refractivity contribution in [3.63, 3.8) is 0 Å². The molecule has 0 aliphatic heterocycles. The molecule has 1 aliphatic carbocycles. The van der Waals surface area contributed by atoms with E-state index in [9.17, 15) is 5.11 Å². The van der Waals surface area contributed by atoms with Crippen LogP contribution < -0.4 is 9.47 Å². The molecule has 136 valence electrons. The average Bonchev–Trinajstić information content (AvgIpc) is 2.61. The van der Waals surface area contributed by atoms with E-state index in [1.807, 2.05) is 0 Å².